The van der Waals surface area contributed by atoms with E-state index in [-0.39, 0.29) is 6.10 Å². The monoisotopic (exact) mass is 207 g/mol. The summed E-state index contributed by atoms with van der Waals surface area (Å²) < 4.78 is 0. The van der Waals surface area contributed by atoms with Gasteiger partial charge in [0.15, 0.2) is 0 Å². The van der Waals surface area contributed by atoms with Gasteiger partial charge in [-0.1, -0.05) is 31.9 Å². The first-order chi connectivity index (χ1) is 7.24. The molecule has 1 rings (SSSR count). The van der Waals surface area contributed by atoms with E-state index in [0.29, 0.717) is 0 Å². The van der Waals surface area contributed by atoms with Gasteiger partial charge in [0.05, 0.1) is 6.10 Å². The van der Waals surface area contributed by atoms with E-state index in [1.54, 1.807) is 6.92 Å². The number of unbranched alkanes of at least 4 members (excludes halogenated alkanes) is 2. The van der Waals surface area contributed by atoms with Crippen molar-refractivity contribution in [3.63, 3.8) is 0 Å². The molecule has 2 nitrogen and oxygen atoms in total. The molecule has 0 heterocycles. The van der Waals surface area contributed by atoms with E-state index < -0.39 is 0 Å². The van der Waals surface area contributed by atoms with Crippen LogP contribution in [0.15, 0.2) is 24.3 Å². The van der Waals surface area contributed by atoms with E-state index in [1.165, 1.54) is 19.3 Å². The number of anilines is 1. The van der Waals surface area contributed by atoms with Crippen LogP contribution in [-0.2, 0) is 0 Å². The molecule has 2 N–H and O–H groups in total. The fourth-order valence-electron chi connectivity index (χ4n) is 1.52. The van der Waals surface area contributed by atoms with Crippen LogP contribution in [0.5, 0.6) is 0 Å². The number of hydrogen-bond acceptors (Lipinski definition) is 2. The Morgan fingerprint density at radius 1 is 1.33 bits per heavy atom. The SMILES string of the molecule is CCCCCNc1cccc(C(C)O)c1. The summed E-state index contributed by atoms with van der Waals surface area (Å²) in [5, 5.41) is 12.8. The summed E-state index contributed by atoms with van der Waals surface area (Å²) in [7, 11) is 0. The van der Waals surface area contributed by atoms with E-state index in [9.17, 15) is 5.11 Å². The van der Waals surface area contributed by atoms with Gasteiger partial charge in [0.1, 0.15) is 0 Å². The van der Waals surface area contributed by atoms with Crippen LogP contribution in [0.3, 0.4) is 0 Å². The molecule has 0 fully saturated rings. The second kappa shape index (κ2) is 6.46. The van der Waals surface area contributed by atoms with Crippen LogP contribution in [0.25, 0.3) is 0 Å². The summed E-state index contributed by atoms with van der Waals surface area (Å²) in [4.78, 5) is 0. The zero-order valence-electron chi connectivity index (χ0n) is 9.66. The number of nitrogens with one attached hydrogen (secondary N) is 1. The van der Waals surface area contributed by atoms with Gasteiger partial charge in [0, 0.05) is 12.2 Å². The lowest BCUT2D eigenvalue weighted by Gasteiger charge is -2.09. The van der Waals surface area contributed by atoms with E-state index >= 15 is 0 Å². The van der Waals surface area contributed by atoms with Crippen molar-refractivity contribution in [1.82, 2.24) is 0 Å². The molecule has 0 aliphatic heterocycles. The molecule has 0 saturated heterocycles. The number of rotatable bonds is 6. The second-order valence-electron chi connectivity index (χ2n) is 3.94. The maximum Gasteiger partial charge on any atom is 0.0762 e. The quantitative estimate of drug-likeness (QED) is 0.701. The number of hydrogen-bond donors (Lipinski definition) is 2. The van der Waals surface area contributed by atoms with Crippen molar-refractivity contribution in [2.45, 2.75) is 39.2 Å². The van der Waals surface area contributed by atoms with Gasteiger partial charge in [-0.2, -0.15) is 0 Å². The Balaban J connectivity index is 2.43. The van der Waals surface area contributed by atoms with Gasteiger partial charge in [-0.15, -0.1) is 0 Å². The van der Waals surface area contributed by atoms with Crippen LogP contribution in [-0.4, -0.2) is 11.7 Å². The molecular weight excluding hydrogens is 186 g/mol. The van der Waals surface area contributed by atoms with Crippen molar-refractivity contribution in [1.29, 1.82) is 0 Å². The molecule has 1 atom stereocenters. The number of aliphatic hydroxyl groups is 1. The van der Waals surface area contributed by atoms with Crippen molar-refractivity contribution in [2.75, 3.05) is 11.9 Å². The standard InChI is InChI=1S/C13H21NO/c1-3-4-5-9-14-13-8-6-7-12(10-13)11(2)15/h6-8,10-11,14-15H,3-5,9H2,1-2H3. The molecule has 0 amide bonds. The van der Waals surface area contributed by atoms with Gasteiger partial charge < -0.3 is 10.4 Å². The maximum absolute atomic E-state index is 9.43. The van der Waals surface area contributed by atoms with Crippen molar-refractivity contribution in [3.8, 4) is 0 Å². The average molecular weight is 207 g/mol. The van der Waals surface area contributed by atoms with Crippen LogP contribution in [0.4, 0.5) is 5.69 Å². The third-order valence-corrected chi connectivity index (χ3v) is 2.48. The van der Waals surface area contributed by atoms with Crippen molar-refractivity contribution >= 4 is 5.69 Å². The Kier molecular flexibility index (Phi) is 5.19. The number of benzene rings is 1. The lowest BCUT2D eigenvalue weighted by Crippen LogP contribution is -2.02. The van der Waals surface area contributed by atoms with Crippen LogP contribution in [0.1, 0.15) is 44.8 Å². The van der Waals surface area contributed by atoms with Crippen molar-refractivity contribution in [3.05, 3.63) is 29.8 Å². The zero-order chi connectivity index (χ0) is 11.1. The Bertz CT molecular complexity index is 284. The lowest BCUT2D eigenvalue weighted by molar-refractivity contribution is 0.199. The van der Waals surface area contributed by atoms with Crippen molar-refractivity contribution < 1.29 is 5.11 Å². The topological polar surface area (TPSA) is 32.3 Å². The molecule has 0 radical (unpaired) electrons. The van der Waals surface area contributed by atoms with Crippen LogP contribution in [0, 0.1) is 0 Å². The Labute approximate surface area is 92.3 Å². The zero-order valence-corrected chi connectivity index (χ0v) is 9.66. The predicted octanol–water partition coefficient (Wildman–Crippen LogP) is 3.34. The van der Waals surface area contributed by atoms with E-state index in [4.69, 9.17) is 0 Å². The molecule has 1 unspecified atom stereocenters. The molecule has 0 aliphatic rings. The molecule has 0 aromatic heterocycles. The molecule has 15 heavy (non-hydrogen) atoms. The molecule has 0 saturated carbocycles. The van der Waals surface area contributed by atoms with Gasteiger partial charge in [-0.25, -0.2) is 0 Å². The van der Waals surface area contributed by atoms with Crippen LogP contribution in [0.2, 0.25) is 0 Å². The minimum atomic E-state index is -0.387. The van der Waals surface area contributed by atoms with Gasteiger partial charge >= 0.3 is 0 Å². The normalized spacial score (nSPS) is 12.5. The van der Waals surface area contributed by atoms with Crippen LogP contribution < -0.4 is 5.32 Å². The molecule has 1 aromatic rings. The molecule has 2 heteroatoms. The van der Waals surface area contributed by atoms with Gasteiger partial charge in [-0.05, 0) is 31.0 Å². The molecule has 0 spiro atoms. The fraction of sp³-hybridized carbons (Fsp3) is 0.538. The lowest BCUT2D eigenvalue weighted by atomic mass is 10.1. The van der Waals surface area contributed by atoms with Gasteiger partial charge in [-0.3, -0.25) is 0 Å². The van der Waals surface area contributed by atoms with E-state index in [2.05, 4.69) is 12.2 Å². The molecule has 1 aromatic carbocycles. The largest absolute Gasteiger partial charge is 0.389 e. The Morgan fingerprint density at radius 3 is 2.80 bits per heavy atom. The highest BCUT2D eigenvalue weighted by Crippen LogP contribution is 2.16. The van der Waals surface area contributed by atoms with E-state index in [1.807, 2.05) is 24.3 Å². The first-order valence-corrected chi connectivity index (χ1v) is 5.76. The smallest absolute Gasteiger partial charge is 0.0762 e. The van der Waals surface area contributed by atoms with Gasteiger partial charge in [0.2, 0.25) is 0 Å². The maximum atomic E-state index is 9.43. The summed E-state index contributed by atoms with van der Waals surface area (Å²) in [5.41, 5.74) is 2.07. The number of aliphatic hydroxyl groups excluding tert-OH is 1. The highest BCUT2D eigenvalue weighted by atomic mass is 16.3. The Morgan fingerprint density at radius 2 is 2.13 bits per heavy atom. The predicted molar refractivity (Wildman–Crippen MR) is 65.1 cm³/mol. The highest BCUT2D eigenvalue weighted by Gasteiger charge is 2.00. The first kappa shape index (κ1) is 12.1. The third kappa shape index (κ3) is 4.34. The Hall–Kier alpha value is -1.02. The fourth-order valence-corrected chi connectivity index (χ4v) is 1.52. The van der Waals surface area contributed by atoms with E-state index in [0.717, 1.165) is 17.8 Å². The molecule has 84 valence electrons. The van der Waals surface area contributed by atoms with Crippen LogP contribution >= 0.6 is 0 Å². The minimum absolute atomic E-state index is 0.387. The summed E-state index contributed by atoms with van der Waals surface area (Å²) >= 11 is 0. The summed E-state index contributed by atoms with van der Waals surface area (Å²) in [6.07, 6.45) is 3.33. The third-order valence-electron chi connectivity index (χ3n) is 2.48. The van der Waals surface area contributed by atoms with Gasteiger partial charge in [0.25, 0.3) is 0 Å². The second-order valence-corrected chi connectivity index (χ2v) is 3.94. The minimum Gasteiger partial charge on any atom is -0.389 e. The molecular formula is C13H21NO. The summed E-state index contributed by atoms with van der Waals surface area (Å²) in [6.45, 7) is 5.00. The average Bonchev–Trinajstić information content (AvgIpc) is 2.25. The van der Waals surface area contributed by atoms with Crippen molar-refractivity contribution in [2.24, 2.45) is 0 Å². The molecule has 0 bridgehead atoms. The molecule has 0 aliphatic carbocycles. The highest BCUT2D eigenvalue weighted by molar-refractivity contribution is 5.46. The summed E-state index contributed by atoms with van der Waals surface area (Å²) in [6, 6.07) is 7.97. The first-order valence-electron chi connectivity index (χ1n) is 5.76. The summed E-state index contributed by atoms with van der Waals surface area (Å²) in [5.74, 6) is 0.